The Hall–Kier alpha value is -2.64. The zero-order valence-corrected chi connectivity index (χ0v) is 16.4. The number of amides is 2. The number of hydrogen-bond acceptors (Lipinski definition) is 5. The van der Waals surface area contributed by atoms with Gasteiger partial charge in [0.2, 0.25) is 5.91 Å². The number of aliphatic hydroxyl groups is 1. The molecule has 0 atom stereocenters. The molecule has 0 heterocycles. The van der Waals surface area contributed by atoms with Crippen molar-refractivity contribution in [1.29, 1.82) is 0 Å². The van der Waals surface area contributed by atoms with Gasteiger partial charge >= 0.3 is 0 Å². The maximum atomic E-state index is 12.3. The molecule has 0 aromatic heterocycles. The van der Waals surface area contributed by atoms with E-state index in [4.69, 9.17) is 11.6 Å². The molecule has 7 nitrogen and oxygen atoms in total. The first-order valence-electron chi connectivity index (χ1n) is 8.89. The molecule has 8 heteroatoms. The molecule has 150 valence electrons. The molecule has 2 rings (SSSR count). The number of halogens is 1. The van der Waals surface area contributed by atoms with Crippen molar-refractivity contribution in [2.75, 3.05) is 6.54 Å². The van der Waals surface area contributed by atoms with Crippen LogP contribution in [-0.4, -0.2) is 40.9 Å². The fraction of sp³-hybridized carbons (Fsp3) is 0.350. The average Bonchev–Trinajstić information content (AvgIpc) is 2.64. The minimum absolute atomic E-state index is 0.0157. The van der Waals surface area contributed by atoms with E-state index < -0.39 is 17.4 Å². The number of benzene rings is 1. The van der Waals surface area contributed by atoms with Crippen LogP contribution in [0, 0.1) is 0 Å². The number of aliphatic imine (C=N–C) groups is 1. The normalized spacial score (nSPS) is 16.1. The Balaban J connectivity index is 1.99. The van der Waals surface area contributed by atoms with E-state index in [1.165, 1.54) is 24.3 Å². The third-order valence-electron chi connectivity index (χ3n) is 4.54. The van der Waals surface area contributed by atoms with Gasteiger partial charge in [0, 0.05) is 22.8 Å². The lowest BCUT2D eigenvalue weighted by atomic mass is 9.80. The van der Waals surface area contributed by atoms with Crippen molar-refractivity contribution in [3.8, 4) is 5.75 Å². The third-order valence-corrected chi connectivity index (χ3v) is 4.78. The highest BCUT2D eigenvalue weighted by Gasteiger charge is 2.34. The van der Waals surface area contributed by atoms with Crippen LogP contribution in [0.4, 0.5) is 0 Å². The second-order valence-electron chi connectivity index (χ2n) is 6.69. The molecule has 1 aliphatic carbocycles. The number of carbonyl (C=O) groups is 2. The number of carbonyl (C=O) groups excluding carboxylic acids is 2. The molecule has 1 fully saturated rings. The lowest BCUT2D eigenvalue weighted by molar-refractivity contribution is -0.120. The van der Waals surface area contributed by atoms with Crippen LogP contribution in [0.15, 0.2) is 46.7 Å². The largest absolute Gasteiger partial charge is 0.508 e. The molecule has 1 aromatic carbocycles. The summed E-state index contributed by atoms with van der Waals surface area (Å²) in [6.07, 6.45) is 5.15. The molecule has 0 spiro atoms. The van der Waals surface area contributed by atoms with Crippen molar-refractivity contribution in [3.63, 3.8) is 0 Å². The Morgan fingerprint density at radius 1 is 1.39 bits per heavy atom. The molecule has 0 bridgehead atoms. The van der Waals surface area contributed by atoms with E-state index >= 15 is 0 Å². The SMILES string of the molecule is C=N/C(=C\C(=C/C)NC(=O)Cc1cc(Cl)ccc1O)C(=O)NCC1(O)CCC1. The van der Waals surface area contributed by atoms with E-state index in [1.54, 1.807) is 13.0 Å². The Morgan fingerprint density at radius 3 is 2.68 bits per heavy atom. The molecule has 0 unspecified atom stereocenters. The van der Waals surface area contributed by atoms with Crippen molar-refractivity contribution in [2.45, 2.75) is 38.2 Å². The Morgan fingerprint density at radius 2 is 2.11 bits per heavy atom. The van der Waals surface area contributed by atoms with Crippen molar-refractivity contribution in [1.82, 2.24) is 10.6 Å². The van der Waals surface area contributed by atoms with E-state index in [0.717, 1.165) is 6.42 Å². The van der Waals surface area contributed by atoms with Crippen LogP contribution in [0.5, 0.6) is 5.75 Å². The molecule has 1 aromatic rings. The predicted molar refractivity (Wildman–Crippen MR) is 108 cm³/mol. The number of aromatic hydroxyl groups is 1. The van der Waals surface area contributed by atoms with E-state index in [2.05, 4.69) is 22.3 Å². The molecular weight excluding hydrogens is 382 g/mol. The molecular formula is C20H24ClN3O4. The number of rotatable bonds is 8. The van der Waals surface area contributed by atoms with Crippen LogP contribution in [0.25, 0.3) is 0 Å². The average molecular weight is 406 g/mol. The quantitative estimate of drug-likeness (QED) is 0.302. The second-order valence-corrected chi connectivity index (χ2v) is 7.13. The van der Waals surface area contributed by atoms with Crippen LogP contribution in [0.3, 0.4) is 0 Å². The van der Waals surface area contributed by atoms with Gasteiger partial charge in [-0.2, -0.15) is 0 Å². The molecule has 0 radical (unpaired) electrons. The van der Waals surface area contributed by atoms with Gasteiger partial charge in [-0.15, -0.1) is 0 Å². The number of nitrogens with zero attached hydrogens (tertiary/aromatic N) is 1. The summed E-state index contributed by atoms with van der Waals surface area (Å²) in [6.45, 7) is 5.22. The number of allylic oxidation sites excluding steroid dienone is 2. The molecule has 4 N–H and O–H groups in total. The van der Waals surface area contributed by atoms with Gasteiger partial charge < -0.3 is 20.8 Å². The van der Waals surface area contributed by atoms with Crippen LogP contribution >= 0.6 is 11.6 Å². The van der Waals surface area contributed by atoms with Crippen molar-refractivity contribution < 1.29 is 19.8 Å². The summed E-state index contributed by atoms with van der Waals surface area (Å²) in [5.74, 6) is -0.912. The summed E-state index contributed by atoms with van der Waals surface area (Å²) in [4.78, 5) is 28.2. The van der Waals surface area contributed by atoms with E-state index in [9.17, 15) is 19.8 Å². The second kappa shape index (κ2) is 9.52. The topological polar surface area (TPSA) is 111 Å². The molecule has 0 aliphatic heterocycles. The third kappa shape index (κ3) is 5.94. The Labute approximate surface area is 168 Å². The van der Waals surface area contributed by atoms with Gasteiger partial charge in [-0.1, -0.05) is 17.7 Å². The van der Waals surface area contributed by atoms with Crippen LogP contribution < -0.4 is 10.6 Å². The van der Waals surface area contributed by atoms with Gasteiger partial charge in [-0.25, -0.2) is 0 Å². The van der Waals surface area contributed by atoms with Crippen LogP contribution in [0.1, 0.15) is 31.7 Å². The lowest BCUT2D eigenvalue weighted by Crippen LogP contribution is -2.48. The first kappa shape index (κ1) is 21.7. The predicted octanol–water partition coefficient (Wildman–Crippen LogP) is 2.22. The molecule has 2 amide bonds. The van der Waals surface area contributed by atoms with Crippen LogP contribution in [0.2, 0.25) is 5.02 Å². The fourth-order valence-electron chi connectivity index (χ4n) is 2.69. The van der Waals surface area contributed by atoms with E-state index in [-0.39, 0.29) is 24.4 Å². The fourth-order valence-corrected chi connectivity index (χ4v) is 2.89. The maximum absolute atomic E-state index is 12.3. The number of nitrogens with one attached hydrogen (secondary N) is 2. The minimum atomic E-state index is -0.849. The van der Waals surface area contributed by atoms with Crippen LogP contribution in [-0.2, 0) is 16.0 Å². The Kier molecular flexibility index (Phi) is 7.37. The molecule has 1 saturated carbocycles. The summed E-state index contributed by atoms with van der Waals surface area (Å²) in [6, 6.07) is 4.46. The van der Waals surface area contributed by atoms with Crippen molar-refractivity contribution in [2.24, 2.45) is 4.99 Å². The summed E-state index contributed by atoms with van der Waals surface area (Å²) < 4.78 is 0. The highest BCUT2D eigenvalue weighted by molar-refractivity contribution is 6.30. The summed E-state index contributed by atoms with van der Waals surface area (Å²) in [5, 5.41) is 25.6. The molecule has 1 aliphatic rings. The smallest absolute Gasteiger partial charge is 0.270 e. The monoisotopic (exact) mass is 405 g/mol. The highest BCUT2D eigenvalue weighted by atomic mass is 35.5. The number of phenolic OH excluding ortho intramolecular Hbond substituents is 1. The van der Waals surface area contributed by atoms with Crippen molar-refractivity contribution in [3.05, 3.63) is 52.3 Å². The summed E-state index contributed by atoms with van der Waals surface area (Å²) in [7, 11) is 0. The van der Waals surface area contributed by atoms with E-state index in [0.29, 0.717) is 29.1 Å². The van der Waals surface area contributed by atoms with Crippen molar-refractivity contribution >= 4 is 30.1 Å². The van der Waals surface area contributed by atoms with Gasteiger partial charge in [0.25, 0.3) is 5.91 Å². The zero-order chi connectivity index (χ0) is 20.7. The zero-order valence-electron chi connectivity index (χ0n) is 15.7. The lowest BCUT2D eigenvalue weighted by Gasteiger charge is -2.36. The van der Waals surface area contributed by atoms with Gasteiger partial charge in [-0.3, -0.25) is 14.6 Å². The molecule has 0 saturated heterocycles. The first-order chi connectivity index (χ1) is 13.3. The first-order valence-corrected chi connectivity index (χ1v) is 9.26. The summed E-state index contributed by atoms with van der Waals surface area (Å²) >= 11 is 5.89. The number of hydrogen-bond donors (Lipinski definition) is 4. The highest BCUT2D eigenvalue weighted by Crippen LogP contribution is 2.30. The number of phenols is 1. The summed E-state index contributed by atoms with van der Waals surface area (Å²) in [5.41, 5.74) is -0.0928. The van der Waals surface area contributed by atoms with E-state index in [1.807, 2.05) is 0 Å². The van der Waals surface area contributed by atoms with Gasteiger partial charge in [0.1, 0.15) is 11.4 Å². The van der Waals surface area contributed by atoms with Gasteiger partial charge in [0.15, 0.2) is 0 Å². The standard InChI is InChI=1S/C20H24ClN3O4/c1-3-15(24-18(26)10-13-9-14(21)5-6-17(13)25)11-16(22-2)19(27)23-12-20(28)7-4-8-20/h3,5-6,9,11,25,28H,2,4,7-8,10,12H2,1H3,(H,23,27)(H,24,26)/b15-3+,16-11-. The van der Waals surface area contributed by atoms with Gasteiger partial charge in [-0.05, 0) is 57.2 Å². The maximum Gasteiger partial charge on any atom is 0.270 e. The Bertz CT molecular complexity index is 829. The minimum Gasteiger partial charge on any atom is -0.508 e. The van der Waals surface area contributed by atoms with Gasteiger partial charge in [0.05, 0.1) is 12.0 Å². The molecule has 28 heavy (non-hydrogen) atoms.